The van der Waals surface area contributed by atoms with Crippen molar-refractivity contribution in [2.75, 3.05) is 20.3 Å². The lowest BCUT2D eigenvalue weighted by Crippen LogP contribution is -2.30. The Morgan fingerprint density at radius 1 is 1.24 bits per heavy atom. The molecule has 1 aromatic carbocycles. The van der Waals surface area contributed by atoms with Crippen molar-refractivity contribution in [3.8, 4) is 11.5 Å². The molecule has 0 spiro atoms. The Morgan fingerprint density at radius 2 is 2.04 bits per heavy atom. The largest absolute Gasteiger partial charge is 0.493 e. The Bertz CT molecular complexity index is 873. The van der Waals surface area contributed by atoms with Gasteiger partial charge >= 0.3 is 0 Å². The molecule has 3 aromatic rings. The van der Waals surface area contributed by atoms with Crippen LogP contribution in [-0.4, -0.2) is 35.6 Å². The highest BCUT2D eigenvalue weighted by Gasteiger charge is 2.07. The first-order valence-electron chi connectivity index (χ1n) is 8.12. The Labute approximate surface area is 146 Å². The second-order valence-electron chi connectivity index (χ2n) is 5.74. The van der Waals surface area contributed by atoms with Gasteiger partial charge in [-0.15, -0.1) is 0 Å². The van der Waals surface area contributed by atoms with E-state index in [9.17, 15) is 4.79 Å². The van der Waals surface area contributed by atoms with Crippen molar-refractivity contribution in [2.45, 2.75) is 13.3 Å². The van der Waals surface area contributed by atoms with Gasteiger partial charge in [0.1, 0.15) is 5.65 Å². The normalized spacial score (nSPS) is 10.6. The first-order valence-corrected chi connectivity index (χ1v) is 8.12. The first kappa shape index (κ1) is 16.8. The number of imidazole rings is 1. The zero-order valence-corrected chi connectivity index (χ0v) is 14.4. The standard InChI is InChI=1S/C19H21N3O3/c1-14-8-10-22-12-15(21-18(22)11-14)7-9-20-19(23)13-25-17-6-4-3-5-16(17)24-2/h3-6,8,10-12H,7,9,13H2,1-2H3,(H,20,23). The van der Waals surface area contributed by atoms with Gasteiger partial charge in [-0.2, -0.15) is 0 Å². The molecule has 0 radical (unpaired) electrons. The second kappa shape index (κ2) is 7.70. The zero-order chi connectivity index (χ0) is 17.6. The Hall–Kier alpha value is -3.02. The molecule has 1 amide bonds. The second-order valence-corrected chi connectivity index (χ2v) is 5.74. The first-order chi connectivity index (χ1) is 12.2. The molecule has 0 fully saturated rings. The number of amides is 1. The highest BCUT2D eigenvalue weighted by atomic mass is 16.5. The number of nitrogens with zero attached hydrogens (tertiary/aromatic N) is 2. The van der Waals surface area contributed by atoms with Gasteiger partial charge in [0.15, 0.2) is 18.1 Å². The van der Waals surface area contributed by atoms with E-state index in [0.29, 0.717) is 24.5 Å². The molecule has 0 bridgehead atoms. The Morgan fingerprint density at radius 3 is 2.84 bits per heavy atom. The summed E-state index contributed by atoms with van der Waals surface area (Å²) in [6.45, 7) is 2.50. The molecular formula is C19H21N3O3. The lowest BCUT2D eigenvalue weighted by molar-refractivity contribution is -0.123. The molecule has 0 atom stereocenters. The van der Waals surface area contributed by atoms with Crippen LogP contribution in [0.1, 0.15) is 11.3 Å². The van der Waals surface area contributed by atoms with Gasteiger partial charge < -0.3 is 19.2 Å². The average molecular weight is 339 g/mol. The summed E-state index contributed by atoms with van der Waals surface area (Å²) in [5, 5.41) is 2.84. The van der Waals surface area contributed by atoms with Crippen LogP contribution in [-0.2, 0) is 11.2 Å². The highest BCUT2D eigenvalue weighted by molar-refractivity contribution is 5.77. The lowest BCUT2D eigenvalue weighted by atomic mass is 10.3. The molecule has 2 aromatic heterocycles. The van der Waals surface area contributed by atoms with Crippen molar-refractivity contribution in [3.05, 3.63) is 60.0 Å². The van der Waals surface area contributed by atoms with Crippen LogP contribution in [0.4, 0.5) is 0 Å². The van der Waals surface area contributed by atoms with Crippen LogP contribution < -0.4 is 14.8 Å². The number of rotatable bonds is 7. The van der Waals surface area contributed by atoms with Crippen LogP contribution in [0.5, 0.6) is 11.5 Å². The van der Waals surface area contributed by atoms with Gasteiger partial charge in [0, 0.05) is 25.4 Å². The predicted octanol–water partition coefficient (Wildman–Crippen LogP) is 2.39. The van der Waals surface area contributed by atoms with E-state index < -0.39 is 0 Å². The molecule has 130 valence electrons. The van der Waals surface area contributed by atoms with Gasteiger partial charge in [0.05, 0.1) is 12.8 Å². The minimum Gasteiger partial charge on any atom is -0.493 e. The third kappa shape index (κ3) is 4.29. The summed E-state index contributed by atoms with van der Waals surface area (Å²) in [5.74, 6) is 0.983. The number of aromatic nitrogens is 2. The maximum Gasteiger partial charge on any atom is 0.257 e. The van der Waals surface area contributed by atoms with E-state index in [1.165, 1.54) is 5.56 Å². The molecule has 6 nitrogen and oxygen atoms in total. The van der Waals surface area contributed by atoms with E-state index in [2.05, 4.69) is 10.3 Å². The SMILES string of the molecule is COc1ccccc1OCC(=O)NCCc1cn2ccc(C)cc2n1. The Kier molecular flexibility index (Phi) is 5.18. The summed E-state index contributed by atoms with van der Waals surface area (Å²) in [7, 11) is 1.57. The van der Waals surface area contributed by atoms with E-state index in [-0.39, 0.29) is 12.5 Å². The molecule has 6 heteroatoms. The van der Waals surface area contributed by atoms with E-state index in [0.717, 1.165) is 11.3 Å². The topological polar surface area (TPSA) is 64.9 Å². The maximum absolute atomic E-state index is 11.9. The van der Waals surface area contributed by atoms with Crippen molar-refractivity contribution in [1.82, 2.24) is 14.7 Å². The fourth-order valence-electron chi connectivity index (χ4n) is 2.52. The van der Waals surface area contributed by atoms with Crippen LogP contribution in [0.25, 0.3) is 5.65 Å². The molecule has 0 aliphatic carbocycles. The van der Waals surface area contributed by atoms with Gasteiger partial charge in [-0.3, -0.25) is 4.79 Å². The summed E-state index contributed by atoms with van der Waals surface area (Å²) in [4.78, 5) is 16.5. The van der Waals surface area contributed by atoms with E-state index in [4.69, 9.17) is 9.47 Å². The van der Waals surface area contributed by atoms with Crippen LogP contribution in [0.15, 0.2) is 48.8 Å². The van der Waals surface area contributed by atoms with Crippen LogP contribution >= 0.6 is 0 Å². The van der Waals surface area contributed by atoms with Crippen molar-refractivity contribution < 1.29 is 14.3 Å². The quantitative estimate of drug-likeness (QED) is 0.718. The van der Waals surface area contributed by atoms with Crippen LogP contribution in [0.3, 0.4) is 0 Å². The summed E-state index contributed by atoms with van der Waals surface area (Å²) >= 11 is 0. The van der Waals surface area contributed by atoms with Gasteiger partial charge in [0.25, 0.3) is 5.91 Å². The maximum atomic E-state index is 11.9. The van der Waals surface area contributed by atoms with Crippen LogP contribution in [0.2, 0.25) is 0 Å². The molecule has 2 heterocycles. The van der Waals surface area contributed by atoms with Crippen molar-refractivity contribution in [3.63, 3.8) is 0 Å². The van der Waals surface area contributed by atoms with Gasteiger partial charge in [-0.05, 0) is 36.8 Å². The zero-order valence-electron chi connectivity index (χ0n) is 14.4. The number of carbonyl (C=O) groups excluding carboxylic acids is 1. The third-order valence-corrected chi connectivity index (χ3v) is 3.80. The number of methoxy groups -OCH3 is 1. The molecule has 0 saturated carbocycles. The minimum atomic E-state index is -0.175. The molecule has 25 heavy (non-hydrogen) atoms. The number of hydrogen-bond acceptors (Lipinski definition) is 4. The fraction of sp³-hybridized carbons (Fsp3) is 0.263. The summed E-state index contributed by atoms with van der Waals surface area (Å²) < 4.78 is 12.7. The fourth-order valence-corrected chi connectivity index (χ4v) is 2.52. The molecule has 0 aliphatic rings. The van der Waals surface area contributed by atoms with Gasteiger partial charge in [-0.1, -0.05) is 12.1 Å². The van der Waals surface area contributed by atoms with Crippen molar-refractivity contribution in [2.24, 2.45) is 0 Å². The lowest BCUT2D eigenvalue weighted by Gasteiger charge is -2.10. The number of fused-ring (bicyclic) bond motifs is 1. The molecule has 3 rings (SSSR count). The number of para-hydroxylation sites is 2. The van der Waals surface area contributed by atoms with Crippen molar-refractivity contribution in [1.29, 1.82) is 0 Å². The number of pyridine rings is 1. The third-order valence-electron chi connectivity index (χ3n) is 3.80. The smallest absolute Gasteiger partial charge is 0.257 e. The van der Waals surface area contributed by atoms with Crippen molar-refractivity contribution >= 4 is 11.6 Å². The number of hydrogen-bond donors (Lipinski definition) is 1. The minimum absolute atomic E-state index is 0.0509. The molecule has 1 N–H and O–H groups in total. The summed E-state index contributed by atoms with van der Waals surface area (Å²) in [6, 6.07) is 11.3. The molecule has 0 aliphatic heterocycles. The molecular weight excluding hydrogens is 318 g/mol. The van der Waals surface area contributed by atoms with E-state index in [1.807, 2.05) is 48.0 Å². The van der Waals surface area contributed by atoms with Gasteiger partial charge in [0.2, 0.25) is 0 Å². The summed E-state index contributed by atoms with van der Waals surface area (Å²) in [6.07, 6.45) is 4.63. The number of ether oxygens (including phenoxy) is 2. The number of benzene rings is 1. The van der Waals surface area contributed by atoms with E-state index in [1.54, 1.807) is 19.2 Å². The summed E-state index contributed by atoms with van der Waals surface area (Å²) in [5.41, 5.74) is 3.03. The Balaban J connectivity index is 1.47. The highest BCUT2D eigenvalue weighted by Crippen LogP contribution is 2.25. The average Bonchev–Trinajstić information content (AvgIpc) is 3.02. The van der Waals surface area contributed by atoms with E-state index >= 15 is 0 Å². The number of carbonyl (C=O) groups is 1. The monoisotopic (exact) mass is 339 g/mol. The van der Waals surface area contributed by atoms with Crippen LogP contribution in [0, 0.1) is 6.92 Å². The molecule has 0 saturated heterocycles. The van der Waals surface area contributed by atoms with Gasteiger partial charge in [-0.25, -0.2) is 4.98 Å². The predicted molar refractivity (Wildman–Crippen MR) is 95.1 cm³/mol. The number of nitrogens with one attached hydrogen (secondary N) is 1. The number of aryl methyl sites for hydroxylation is 1. The molecule has 0 unspecified atom stereocenters.